The first kappa shape index (κ1) is 20.3. The van der Waals surface area contributed by atoms with Crippen molar-refractivity contribution in [2.75, 3.05) is 26.2 Å². The van der Waals surface area contributed by atoms with Gasteiger partial charge in [-0.1, -0.05) is 23.8 Å². The van der Waals surface area contributed by atoms with Gasteiger partial charge in [-0.3, -0.25) is 9.59 Å². The summed E-state index contributed by atoms with van der Waals surface area (Å²) in [5.74, 6) is -0.903. The smallest absolute Gasteiger partial charge is 0.335 e. The summed E-state index contributed by atoms with van der Waals surface area (Å²) in [5, 5.41) is 0.794. The van der Waals surface area contributed by atoms with Crippen molar-refractivity contribution >= 4 is 33.4 Å². The second kappa shape index (κ2) is 7.71. The van der Waals surface area contributed by atoms with Gasteiger partial charge in [0.05, 0.1) is 15.8 Å². The summed E-state index contributed by atoms with van der Waals surface area (Å²) in [6.07, 6.45) is -4.60. The van der Waals surface area contributed by atoms with E-state index < -0.39 is 17.6 Å². The van der Waals surface area contributed by atoms with Crippen LogP contribution in [0.1, 0.15) is 32.0 Å². The van der Waals surface area contributed by atoms with Gasteiger partial charge in [-0.15, -0.1) is 0 Å². The lowest BCUT2D eigenvalue weighted by molar-refractivity contribution is -0.138. The molecule has 0 saturated carbocycles. The van der Waals surface area contributed by atoms with Crippen LogP contribution in [-0.4, -0.2) is 52.2 Å². The average Bonchev–Trinajstić information content (AvgIpc) is 3.15. The van der Waals surface area contributed by atoms with Crippen molar-refractivity contribution in [2.24, 2.45) is 0 Å². The molecule has 0 aliphatic carbocycles. The number of halogens is 3. The Morgan fingerprint density at radius 1 is 0.967 bits per heavy atom. The van der Waals surface area contributed by atoms with Crippen LogP contribution in [0.25, 0.3) is 10.1 Å². The van der Waals surface area contributed by atoms with Gasteiger partial charge in [0.15, 0.2) is 0 Å². The number of carbonyl (C=O) groups is 2. The van der Waals surface area contributed by atoms with E-state index in [1.807, 2.05) is 25.1 Å². The largest absolute Gasteiger partial charge is 0.417 e. The van der Waals surface area contributed by atoms with Gasteiger partial charge in [-0.2, -0.15) is 17.5 Å². The Balaban J connectivity index is 1.48. The van der Waals surface area contributed by atoms with Crippen LogP contribution in [0.4, 0.5) is 13.2 Å². The van der Waals surface area contributed by atoms with Crippen LogP contribution in [-0.2, 0) is 6.18 Å². The van der Waals surface area contributed by atoms with E-state index in [0.29, 0.717) is 5.69 Å². The number of nitrogens with zero attached hydrogens (tertiary/aromatic N) is 3. The quantitative estimate of drug-likeness (QED) is 0.608. The summed E-state index contributed by atoms with van der Waals surface area (Å²) < 4.78 is 44.9. The van der Waals surface area contributed by atoms with Crippen LogP contribution in [0.3, 0.4) is 0 Å². The predicted molar refractivity (Wildman–Crippen MR) is 108 cm³/mol. The summed E-state index contributed by atoms with van der Waals surface area (Å²) in [5.41, 5.74) is 0.0833. The lowest BCUT2D eigenvalue weighted by Crippen LogP contribution is -2.50. The maximum atomic E-state index is 13.2. The van der Waals surface area contributed by atoms with Crippen LogP contribution in [0.2, 0.25) is 0 Å². The summed E-state index contributed by atoms with van der Waals surface area (Å²) in [7, 11) is 0. The molecule has 2 aromatic carbocycles. The topological polar surface area (TPSA) is 53.5 Å². The molecule has 30 heavy (non-hydrogen) atoms. The number of benzene rings is 2. The van der Waals surface area contributed by atoms with Crippen molar-refractivity contribution in [1.82, 2.24) is 14.2 Å². The Bertz CT molecular complexity index is 1120. The van der Waals surface area contributed by atoms with E-state index in [9.17, 15) is 22.8 Å². The third kappa shape index (κ3) is 3.77. The molecule has 0 bridgehead atoms. The number of aryl methyl sites for hydroxylation is 1. The molecule has 1 saturated heterocycles. The molecule has 0 N–H and O–H groups in total. The molecule has 156 valence electrons. The van der Waals surface area contributed by atoms with Crippen LogP contribution in [0.5, 0.6) is 0 Å². The van der Waals surface area contributed by atoms with Gasteiger partial charge in [-0.05, 0) is 42.7 Å². The lowest BCUT2D eigenvalue weighted by atomic mass is 10.1. The summed E-state index contributed by atoms with van der Waals surface area (Å²) in [6.45, 7) is 2.75. The van der Waals surface area contributed by atoms with Gasteiger partial charge in [-0.25, -0.2) is 0 Å². The number of carbonyl (C=O) groups excluding carboxylic acids is 2. The van der Waals surface area contributed by atoms with Crippen LogP contribution < -0.4 is 0 Å². The molecule has 1 aliphatic rings. The molecule has 2 amide bonds. The van der Waals surface area contributed by atoms with Crippen molar-refractivity contribution in [2.45, 2.75) is 13.1 Å². The van der Waals surface area contributed by atoms with Crippen molar-refractivity contribution in [3.8, 4) is 0 Å². The minimum absolute atomic E-state index is 0.165. The number of amides is 2. The Hall–Kier alpha value is -2.94. The van der Waals surface area contributed by atoms with E-state index in [4.69, 9.17) is 0 Å². The summed E-state index contributed by atoms with van der Waals surface area (Å²) >= 11 is 1.25. The number of hydrogen-bond donors (Lipinski definition) is 0. The Morgan fingerprint density at radius 3 is 2.27 bits per heavy atom. The Labute approximate surface area is 174 Å². The van der Waals surface area contributed by atoms with Crippen molar-refractivity contribution in [3.63, 3.8) is 0 Å². The molecular weight excluding hydrogens is 415 g/mol. The van der Waals surface area contributed by atoms with Gasteiger partial charge in [0, 0.05) is 31.6 Å². The molecule has 0 spiro atoms. The van der Waals surface area contributed by atoms with E-state index in [0.717, 1.165) is 21.7 Å². The molecule has 3 aromatic rings. The van der Waals surface area contributed by atoms with Crippen molar-refractivity contribution < 1.29 is 22.8 Å². The molecule has 0 atom stereocenters. The number of fused-ring (bicyclic) bond motifs is 1. The zero-order chi connectivity index (χ0) is 21.5. The molecule has 2 heterocycles. The van der Waals surface area contributed by atoms with Gasteiger partial charge in [0.1, 0.15) is 5.69 Å². The third-order valence-corrected chi connectivity index (χ3v) is 5.97. The maximum Gasteiger partial charge on any atom is 0.417 e. The zero-order valence-electron chi connectivity index (χ0n) is 16.1. The number of hydrogen-bond acceptors (Lipinski definition) is 4. The monoisotopic (exact) mass is 433 g/mol. The normalized spacial score (nSPS) is 14.9. The minimum Gasteiger partial charge on any atom is -0.335 e. The second-order valence-corrected chi connectivity index (χ2v) is 7.96. The highest BCUT2D eigenvalue weighted by molar-refractivity contribution is 7.13. The molecule has 0 radical (unpaired) electrons. The molecule has 5 nitrogen and oxygen atoms in total. The fourth-order valence-corrected chi connectivity index (χ4v) is 4.31. The van der Waals surface area contributed by atoms with Crippen LogP contribution in [0, 0.1) is 6.92 Å². The van der Waals surface area contributed by atoms with Gasteiger partial charge < -0.3 is 9.80 Å². The maximum absolute atomic E-state index is 13.2. The second-order valence-electron chi connectivity index (χ2n) is 7.16. The van der Waals surface area contributed by atoms with Crippen LogP contribution >= 0.6 is 11.5 Å². The Morgan fingerprint density at radius 2 is 1.60 bits per heavy atom. The highest BCUT2D eigenvalue weighted by Gasteiger charge is 2.36. The van der Waals surface area contributed by atoms with Gasteiger partial charge in [0.2, 0.25) is 0 Å². The molecular formula is C21H18F3N3O2S. The molecule has 1 fully saturated rings. The van der Waals surface area contributed by atoms with E-state index in [2.05, 4.69) is 4.37 Å². The van der Waals surface area contributed by atoms with E-state index >= 15 is 0 Å². The zero-order valence-corrected chi connectivity index (χ0v) is 16.9. The lowest BCUT2D eigenvalue weighted by Gasteiger charge is -2.35. The van der Waals surface area contributed by atoms with Crippen LogP contribution in [0.15, 0.2) is 42.5 Å². The first-order valence-electron chi connectivity index (χ1n) is 9.36. The summed E-state index contributed by atoms with van der Waals surface area (Å²) in [4.78, 5) is 28.6. The number of piperazine rings is 1. The predicted octanol–water partition coefficient (Wildman–Crippen LogP) is 4.22. The molecule has 1 aromatic heterocycles. The molecule has 4 rings (SSSR count). The fourth-order valence-electron chi connectivity index (χ4n) is 3.56. The fraction of sp³-hybridized carbons (Fsp3) is 0.286. The Kier molecular flexibility index (Phi) is 5.23. The third-order valence-electron chi connectivity index (χ3n) is 5.15. The van der Waals surface area contributed by atoms with Crippen molar-refractivity contribution in [1.29, 1.82) is 0 Å². The number of alkyl halides is 3. The molecule has 0 unspecified atom stereocenters. The molecule has 1 aliphatic heterocycles. The van der Waals surface area contributed by atoms with E-state index in [-0.39, 0.29) is 37.6 Å². The number of rotatable bonds is 2. The minimum atomic E-state index is -4.60. The van der Waals surface area contributed by atoms with E-state index in [1.165, 1.54) is 34.6 Å². The first-order chi connectivity index (χ1) is 14.3. The van der Waals surface area contributed by atoms with Crippen molar-refractivity contribution in [3.05, 3.63) is 64.8 Å². The number of aromatic nitrogens is 1. The highest BCUT2D eigenvalue weighted by atomic mass is 32.1. The van der Waals surface area contributed by atoms with Gasteiger partial charge in [0.25, 0.3) is 11.8 Å². The van der Waals surface area contributed by atoms with E-state index in [1.54, 1.807) is 4.90 Å². The SMILES string of the molecule is Cc1ccc2snc(C(=O)N3CCN(C(=O)c4ccccc4C(F)(F)F)CC3)c2c1. The average molecular weight is 433 g/mol. The standard InChI is InChI=1S/C21H18F3N3O2S/c1-13-6-7-17-15(12-13)18(25-30-17)20(29)27-10-8-26(9-11-27)19(28)14-4-2-3-5-16(14)21(22,23)24/h2-7,12H,8-11H2,1H3. The summed E-state index contributed by atoms with van der Waals surface area (Å²) in [6, 6.07) is 10.6. The first-order valence-corrected chi connectivity index (χ1v) is 10.1. The highest BCUT2D eigenvalue weighted by Crippen LogP contribution is 2.32. The molecule has 9 heteroatoms. The van der Waals surface area contributed by atoms with Gasteiger partial charge >= 0.3 is 6.18 Å².